The molecule has 0 aliphatic rings. The summed E-state index contributed by atoms with van der Waals surface area (Å²) in [5.74, 6) is -0.676. The number of hydrazine groups is 1. The number of hydrogen-bond acceptors (Lipinski definition) is 3. The highest BCUT2D eigenvalue weighted by molar-refractivity contribution is 5.78. The number of amides is 1. The van der Waals surface area contributed by atoms with E-state index in [1.165, 1.54) is 24.3 Å². The van der Waals surface area contributed by atoms with Crippen LogP contribution >= 0.6 is 0 Å². The summed E-state index contributed by atoms with van der Waals surface area (Å²) in [6.45, 7) is 3.09. The maximum Gasteiger partial charge on any atom is 0.241 e. The second kappa shape index (κ2) is 4.94. The van der Waals surface area contributed by atoms with E-state index in [2.05, 4.69) is 10.9 Å². The third-order valence-corrected chi connectivity index (χ3v) is 1.78. The van der Waals surface area contributed by atoms with Gasteiger partial charge in [-0.25, -0.2) is 4.39 Å². The number of carbonyl (C=O) groups excluding carboxylic acids is 1. The van der Waals surface area contributed by atoms with E-state index < -0.39 is 5.60 Å². The molecule has 4 nitrogen and oxygen atoms in total. The average molecular weight is 226 g/mol. The Morgan fingerprint density at radius 1 is 1.38 bits per heavy atom. The van der Waals surface area contributed by atoms with Gasteiger partial charge in [-0.2, -0.15) is 0 Å². The Morgan fingerprint density at radius 2 is 1.94 bits per heavy atom. The van der Waals surface area contributed by atoms with Gasteiger partial charge < -0.3 is 5.11 Å². The van der Waals surface area contributed by atoms with E-state index in [0.717, 1.165) is 0 Å². The van der Waals surface area contributed by atoms with E-state index >= 15 is 0 Å². The lowest BCUT2D eigenvalue weighted by Gasteiger charge is -2.16. The molecule has 0 unspecified atom stereocenters. The van der Waals surface area contributed by atoms with Crippen molar-refractivity contribution in [3.63, 3.8) is 0 Å². The minimum atomic E-state index is -1.05. The number of rotatable bonds is 4. The van der Waals surface area contributed by atoms with Gasteiger partial charge in [0.2, 0.25) is 5.91 Å². The van der Waals surface area contributed by atoms with Crippen LogP contribution < -0.4 is 10.9 Å². The highest BCUT2D eigenvalue weighted by Crippen LogP contribution is 2.08. The van der Waals surface area contributed by atoms with Crippen molar-refractivity contribution < 1.29 is 14.3 Å². The van der Waals surface area contributed by atoms with Gasteiger partial charge in [0.25, 0.3) is 0 Å². The molecule has 0 spiro atoms. The Hall–Kier alpha value is -1.62. The topological polar surface area (TPSA) is 61.4 Å². The van der Waals surface area contributed by atoms with Crippen molar-refractivity contribution in [2.24, 2.45) is 0 Å². The van der Waals surface area contributed by atoms with E-state index in [9.17, 15) is 14.3 Å². The molecule has 0 bridgehead atoms. The standard InChI is InChI=1S/C11H15FN2O2/c1-11(2,16)7-10(15)14-13-9-5-3-8(12)4-6-9/h3-6,13,16H,7H2,1-2H3,(H,14,15). The van der Waals surface area contributed by atoms with Crippen LogP contribution in [0.5, 0.6) is 0 Å². The van der Waals surface area contributed by atoms with Crippen LogP contribution in [-0.4, -0.2) is 16.6 Å². The van der Waals surface area contributed by atoms with Gasteiger partial charge in [0.15, 0.2) is 0 Å². The van der Waals surface area contributed by atoms with E-state index in [0.29, 0.717) is 5.69 Å². The van der Waals surface area contributed by atoms with Crippen molar-refractivity contribution in [1.82, 2.24) is 5.43 Å². The van der Waals surface area contributed by atoms with Gasteiger partial charge in [-0.15, -0.1) is 0 Å². The highest BCUT2D eigenvalue weighted by Gasteiger charge is 2.17. The van der Waals surface area contributed by atoms with Crippen molar-refractivity contribution in [2.75, 3.05) is 5.43 Å². The summed E-state index contributed by atoms with van der Waals surface area (Å²) in [5, 5.41) is 9.38. The van der Waals surface area contributed by atoms with Crippen LogP contribution in [0.3, 0.4) is 0 Å². The normalized spacial score (nSPS) is 11.0. The lowest BCUT2D eigenvalue weighted by atomic mass is 10.1. The fraction of sp³-hybridized carbons (Fsp3) is 0.364. The largest absolute Gasteiger partial charge is 0.390 e. The van der Waals surface area contributed by atoms with E-state index in [1.807, 2.05) is 0 Å². The molecule has 1 amide bonds. The van der Waals surface area contributed by atoms with Gasteiger partial charge in [0.05, 0.1) is 17.7 Å². The van der Waals surface area contributed by atoms with Crippen LogP contribution in [0.15, 0.2) is 24.3 Å². The highest BCUT2D eigenvalue weighted by atomic mass is 19.1. The van der Waals surface area contributed by atoms with Crippen LogP contribution in [-0.2, 0) is 4.79 Å². The third-order valence-electron chi connectivity index (χ3n) is 1.78. The summed E-state index contributed by atoms with van der Waals surface area (Å²) in [7, 11) is 0. The number of benzene rings is 1. The summed E-state index contributed by atoms with van der Waals surface area (Å²) in [6, 6.07) is 5.56. The maximum atomic E-state index is 12.6. The molecule has 1 rings (SSSR count). The predicted octanol–water partition coefficient (Wildman–Crippen LogP) is 1.43. The average Bonchev–Trinajstić information content (AvgIpc) is 2.14. The van der Waals surface area contributed by atoms with E-state index in [1.54, 1.807) is 13.8 Å². The van der Waals surface area contributed by atoms with E-state index in [4.69, 9.17) is 0 Å². The van der Waals surface area contributed by atoms with Crippen LogP contribution in [0.2, 0.25) is 0 Å². The molecule has 1 aromatic rings. The van der Waals surface area contributed by atoms with E-state index in [-0.39, 0.29) is 18.1 Å². The van der Waals surface area contributed by atoms with Crippen molar-refractivity contribution >= 4 is 11.6 Å². The number of aliphatic hydroxyl groups is 1. The maximum absolute atomic E-state index is 12.6. The van der Waals surface area contributed by atoms with Gasteiger partial charge >= 0.3 is 0 Å². The Bertz CT molecular complexity index is 357. The first kappa shape index (κ1) is 12.4. The van der Waals surface area contributed by atoms with Crippen molar-refractivity contribution in [3.8, 4) is 0 Å². The molecule has 88 valence electrons. The summed E-state index contributed by atoms with van der Waals surface area (Å²) >= 11 is 0. The first-order chi connectivity index (χ1) is 7.37. The zero-order chi connectivity index (χ0) is 12.2. The molecular weight excluding hydrogens is 211 g/mol. The summed E-state index contributed by atoms with van der Waals surface area (Å²) in [5.41, 5.74) is 4.55. The molecule has 0 saturated heterocycles. The molecule has 1 aromatic carbocycles. The first-order valence-electron chi connectivity index (χ1n) is 4.90. The van der Waals surface area contributed by atoms with Gasteiger partial charge in [0, 0.05) is 0 Å². The zero-order valence-electron chi connectivity index (χ0n) is 9.25. The van der Waals surface area contributed by atoms with Crippen LogP contribution in [0.1, 0.15) is 20.3 Å². The smallest absolute Gasteiger partial charge is 0.241 e. The summed E-state index contributed by atoms with van der Waals surface area (Å²) in [4.78, 5) is 11.3. The van der Waals surface area contributed by atoms with Gasteiger partial charge in [0.1, 0.15) is 5.82 Å². The quantitative estimate of drug-likeness (QED) is 0.681. The number of hydrogen-bond donors (Lipinski definition) is 3. The summed E-state index contributed by atoms with van der Waals surface area (Å²) < 4.78 is 12.6. The third kappa shape index (κ3) is 4.75. The van der Waals surface area contributed by atoms with Crippen molar-refractivity contribution in [3.05, 3.63) is 30.1 Å². The fourth-order valence-corrected chi connectivity index (χ4v) is 1.11. The van der Waals surface area contributed by atoms with Crippen LogP contribution in [0.4, 0.5) is 10.1 Å². The monoisotopic (exact) mass is 226 g/mol. The van der Waals surface area contributed by atoms with Gasteiger partial charge in [-0.05, 0) is 38.1 Å². The van der Waals surface area contributed by atoms with Crippen LogP contribution in [0, 0.1) is 5.82 Å². The molecule has 0 heterocycles. The molecule has 0 aromatic heterocycles. The fourth-order valence-electron chi connectivity index (χ4n) is 1.11. The number of halogens is 1. The molecule has 0 atom stereocenters. The second-order valence-corrected chi connectivity index (χ2v) is 4.17. The molecule has 0 aliphatic carbocycles. The molecule has 5 heteroatoms. The van der Waals surface area contributed by atoms with Crippen molar-refractivity contribution in [1.29, 1.82) is 0 Å². The Kier molecular flexibility index (Phi) is 3.84. The van der Waals surface area contributed by atoms with Gasteiger partial charge in [-0.3, -0.25) is 15.6 Å². The molecular formula is C11H15FN2O2. The Balaban J connectivity index is 2.40. The Morgan fingerprint density at radius 3 is 2.44 bits per heavy atom. The minimum Gasteiger partial charge on any atom is -0.390 e. The lowest BCUT2D eigenvalue weighted by Crippen LogP contribution is -2.35. The molecule has 3 N–H and O–H groups in total. The van der Waals surface area contributed by atoms with Gasteiger partial charge in [-0.1, -0.05) is 0 Å². The SMILES string of the molecule is CC(C)(O)CC(=O)NNc1ccc(F)cc1. The molecule has 0 fully saturated rings. The lowest BCUT2D eigenvalue weighted by molar-refractivity contribution is -0.124. The second-order valence-electron chi connectivity index (χ2n) is 4.17. The number of carbonyl (C=O) groups is 1. The number of nitrogens with one attached hydrogen (secondary N) is 2. The Labute approximate surface area is 93.4 Å². The zero-order valence-corrected chi connectivity index (χ0v) is 9.25. The molecule has 0 aliphatic heterocycles. The predicted molar refractivity (Wildman–Crippen MR) is 59.1 cm³/mol. The van der Waals surface area contributed by atoms with Crippen LogP contribution in [0.25, 0.3) is 0 Å². The first-order valence-corrected chi connectivity index (χ1v) is 4.90. The molecule has 0 radical (unpaired) electrons. The number of anilines is 1. The molecule has 0 saturated carbocycles. The minimum absolute atomic E-state index is 0.0127. The van der Waals surface area contributed by atoms with Crippen molar-refractivity contribution in [2.45, 2.75) is 25.9 Å². The molecule has 16 heavy (non-hydrogen) atoms. The summed E-state index contributed by atoms with van der Waals surface area (Å²) in [6.07, 6.45) is -0.0127.